The molecule has 0 spiro atoms. The Hall–Kier alpha value is -2.66. The molecule has 4 heterocycles. The summed E-state index contributed by atoms with van der Waals surface area (Å²) in [7, 11) is 0. The average Bonchev–Trinajstić information content (AvgIpc) is 3.13. The van der Waals surface area contributed by atoms with Gasteiger partial charge in [-0.3, -0.25) is 9.30 Å². The van der Waals surface area contributed by atoms with Gasteiger partial charge >= 0.3 is 0 Å². The molecule has 26 heavy (non-hydrogen) atoms. The van der Waals surface area contributed by atoms with Gasteiger partial charge < -0.3 is 4.57 Å². The first-order chi connectivity index (χ1) is 12.7. The fraction of sp³-hybridized carbons (Fsp3) is 0.333. The van der Waals surface area contributed by atoms with Gasteiger partial charge in [-0.05, 0) is 62.7 Å². The maximum absolute atomic E-state index is 4.24. The molecule has 5 heteroatoms. The standard InChI is InChI=1S/C21H23N5/c1-15-12-20-19(8-9-21-23-22-16(2)26(20)21)25(15)14-18-6-4-17(5-7-18)13-24-10-3-11-24/h4-9,12H,3,10-11,13-14H2,1-2H3. The van der Waals surface area contributed by atoms with Crippen LogP contribution >= 0.6 is 0 Å². The van der Waals surface area contributed by atoms with Crippen LogP contribution in [0.4, 0.5) is 0 Å². The number of benzene rings is 1. The summed E-state index contributed by atoms with van der Waals surface area (Å²) in [5.41, 5.74) is 7.30. The second-order valence-corrected chi connectivity index (χ2v) is 7.36. The number of rotatable bonds is 4. The summed E-state index contributed by atoms with van der Waals surface area (Å²) in [5, 5.41) is 8.45. The molecule has 5 nitrogen and oxygen atoms in total. The topological polar surface area (TPSA) is 38.4 Å². The van der Waals surface area contributed by atoms with Gasteiger partial charge in [-0.25, -0.2) is 0 Å². The maximum Gasteiger partial charge on any atom is 0.161 e. The molecule has 132 valence electrons. The van der Waals surface area contributed by atoms with Crippen LogP contribution in [0.25, 0.3) is 16.7 Å². The molecule has 0 unspecified atom stereocenters. The van der Waals surface area contributed by atoms with Crippen molar-refractivity contribution in [2.75, 3.05) is 13.1 Å². The van der Waals surface area contributed by atoms with Gasteiger partial charge in [0.2, 0.25) is 0 Å². The minimum atomic E-state index is 0.881. The molecule has 1 aliphatic rings. The maximum atomic E-state index is 4.24. The molecule has 0 saturated carbocycles. The van der Waals surface area contributed by atoms with Crippen LogP contribution in [0, 0.1) is 13.8 Å². The van der Waals surface area contributed by atoms with Gasteiger partial charge in [0.1, 0.15) is 5.82 Å². The van der Waals surface area contributed by atoms with Crippen molar-refractivity contribution < 1.29 is 0 Å². The van der Waals surface area contributed by atoms with Crippen molar-refractivity contribution in [2.45, 2.75) is 33.4 Å². The molecule has 0 aliphatic carbocycles. The van der Waals surface area contributed by atoms with Crippen LogP contribution in [0.3, 0.4) is 0 Å². The highest BCUT2D eigenvalue weighted by Crippen LogP contribution is 2.23. The molecule has 0 bridgehead atoms. The Morgan fingerprint density at radius 2 is 1.58 bits per heavy atom. The fourth-order valence-corrected chi connectivity index (χ4v) is 3.91. The van der Waals surface area contributed by atoms with Crippen LogP contribution in [0.5, 0.6) is 0 Å². The Balaban J connectivity index is 1.48. The van der Waals surface area contributed by atoms with Gasteiger partial charge in [0, 0.05) is 18.8 Å². The molecule has 1 fully saturated rings. The average molecular weight is 345 g/mol. The molecule has 0 amide bonds. The van der Waals surface area contributed by atoms with E-state index in [1.54, 1.807) is 0 Å². The second kappa shape index (κ2) is 5.95. The molecular formula is C21H23N5. The minimum absolute atomic E-state index is 0.881. The predicted molar refractivity (Wildman–Crippen MR) is 103 cm³/mol. The third-order valence-corrected chi connectivity index (χ3v) is 5.52. The fourth-order valence-electron chi connectivity index (χ4n) is 3.91. The number of nitrogens with zero attached hydrogens (tertiary/aromatic N) is 5. The van der Waals surface area contributed by atoms with Gasteiger partial charge in [-0.2, -0.15) is 0 Å². The number of hydrogen-bond donors (Lipinski definition) is 0. The quantitative estimate of drug-likeness (QED) is 0.568. The van der Waals surface area contributed by atoms with Crippen molar-refractivity contribution >= 4 is 16.7 Å². The van der Waals surface area contributed by atoms with Crippen molar-refractivity contribution in [3.8, 4) is 0 Å². The van der Waals surface area contributed by atoms with E-state index in [-0.39, 0.29) is 0 Å². The zero-order chi connectivity index (χ0) is 17.7. The van der Waals surface area contributed by atoms with Gasteiger partial charge in [0.05, 0.1) is 11.0 Å². The van der Waals surface area contributed by atoms with Crippen LogP contribution in [0.1, 0.15) is 29.1 Å². The smallest absolute Gasteiger partial charge is 0.161 e. The SMILES string of the molecule is Cc1cc2c(ccc3nnc(C)n32)n1Cc1ccc(CN2CCC2)cc1. The van der Waals surface area contributed by atoms with E-state index in [1.807, 2.05) is 6.92 Å². The lowest BCUT2D eigenvalue weighted by molar-refractivity contribution is 0.172. The summed E-state index contributed by atoms with van der Waals surface area (Å²) in [6, 6.07) is 15.5. The molecule has 0 atom stereocenters. The minimum Gasteiger partial charge on any atom is -0.339 e. The van der Waals surface area contributed by atoms with Crippen molar-refractivity contribution in [1.82, 2.24) is 24.1 Å². The first kappa shape index (κ1) is 15.6. The summed E-state index contributed by atoms with van der Waals surface area (Å²) in [4.78, 5) is 2.49. The van der Waals surface area contributed by atoms with E-state index >= 15 is 0 Å². The number of hydrogen-bond acceptors (Lipinski definition) is 3. The van der Waals surface area contributed by atoms with Crippen molar-refractivity contribution in [3.05, 3.63) is 65.1 Å². The normalized spacial score (nSPS) is 15.0. The lowest BCUT2D eigenvalue weighted by Gasteiger charge is -2.30. The molecule has 3 aromatic heterocycles. The van der Waals surface area contributed by atoms with Gasteiger partial charge in [-0.15, -0.1) is 10.2 Å². The largest absolute Gasteiger partial charge is 0.339 e. The first-order valence-corrected chi connectivity index (χ1v) is 9.30. The van der Waals surface area contributed by atoms with Crippen LogP contribution in [0.15, 0.2) is 42.5 Å². The third-order valence-electron chi connectivity index (χ3n) is 5.52. The number of fused-ring (bicyclic) bond motifs is 3. The number of likely N-dealkylation sites (tertiary alicyclic amines) is 1. The molecular weight excluding hydrogens is 322 g/mol. The van der Waals surface area contributed by atoms with E-state index in [2.05, 4.69) is 73.5 Å². The highest BCUT2D eigenvalue weighted by atomic mass is 15.2. The van der Waals surface area contributed by atoms with E-state index in [0.717, 1.165) is 24.6 Å². The van der Waals surface area contributed by atoms with Crippen LogP contribution in [-0.4, -0.2) is 37.2 Å². The number of pyridine rings is 1. The Morgan fingerprint density at radius 1 is 0.846 bits per heavy atom. The highest BCUT2D eigenvalue weighted by molar-refractivity contribution is 5.81. The van der Waals surface area contributed by atoms with E-state index in [0.29, 0.717) is 0 Å². The first-order valence-electron chi connectivity index (χ1n) is 9.30. The summed E-state index contributed by atoms with van der Waals surface area (Å²) in [6.07, 6.45) is 1.34. The Bertz CT molecular complexity index is 1080. The molecule has 1 aromatic carbocycles. The summed E-state index contributed by atoms with van der Waals surface area (Å²) >= 11 is 0. The molecule has 0 N–H and O–H groups in total. The van der Waals surface area contributed by atoms with E-state index < -0.39 is 0 Å². The lowest BCUT2D eigenvalue weighted by Crippen LogP contribution is -2.36. The van der Waals surface area contributed by atoms with Gasteiger partial charge in [-0.1, -0.05) is 24.3 Å². The monoisotopic (exact) mass is 345 g/mol. The van der Waals surface area contributed by atoms with Gasteiger partial charge in [0.25, 0.3) is 0 Å². The summed E-state index contributed by atoms with van der Waals surface area (Å²) < 4.78 is 4.51. The Kier molecular flexibility index (Phi) is 3.57. The van der Waals surface area contributed by atoms with Gasteiger partial charge in [0.15, 0.2) is 5.65 Å². The third kappa shape index (κ3) is 2.51. The molecule has 0 radical (unpaired) electrons. The van der Waals surface area contributed by atoms with Crippen LogP contribution in [-0.2, 0) is 13.1 Å². The molecule has 4 aromatic rings. The number of aromatic nitrogens is 4. The van der Waals surface area contributed by atoms with Crippen molar-refractivity contribution in [2.24, 2.45) is 0 Å². The molecule has 1 saturated heterocycles. The molecule has 5 rings (SSSR count). The van der Waals surface area contributed by atoms with E-state index in [4.69, 9.17) is 0 Å². The summed E-state index contributed by atoms with van der Waals surface area (Å²) in [5.74, 6) is 0.929. The Labute approximate surface area is 152 Å². The van der Waals surface area contributed by atoms with E-state index in [1.165, 1.54) is 47.4 Å². The van der Waals surface area contributed by atoms with Crippen LogP contribution in [0.2, 0.25) is 0 Å². The second-order valence-electron chi connectivity index (χ2n) is 7.36. The Morgan fingerprint density at radius 3 is 2.27 bits per heavy atom. The van der Waals surface area contributed by atoms with Crippen LogP contribution < -0.4 is 0 Å². The lowest BCUT2D eigenvalue weighted by atomic mass is 10.1. The summed E-state index contributed by atoms with van der Waals surface area (Å²) in [6.45, 7) is 8.62. The predicted octanol–water partition coefficient (Wildman–Crippen LogP) is 3.55. The molecule has 1 aliphatic heterocycles. The highest BCUT2D eigenvalue weighted by Gasteiger charge is 2.14. The van der Waals surface area contributed by atoms with E-state index in [9.17, 15) is 0 Å². The zero-order valence-corrected chi connectivity index (χ0v) is 15.3. The number of aryl methyl sites for hydroxylation is 2. The van der Waals surface area contributed by atoms with Crippen molar-refractivity contribution in [3.63, 3.8) is 0 Å². The zero-order valence-electron chi connectivity index (χ0n) is 15.3. The van der Waals surface area contributed by atoms with Crippen molar-refractivity contribution in [1.29, 1.82) is 0 Å².